The lowest BCUT2D eigenvalue weighted by molar-refractivity contribution is -0.298. The lowest BCUT2D eigenvalue weighted by Gasteiger charge is -2.41. The maximum atomic E-state index is 12.8. The van der Waals surface area contributed by atoms with Crippen molar-refractivity contribution >= 4 is 16.3 Å². The molecule has 1 rings (SSSR count). The molecule has 0 aliphatic carbocycles. The Bertz CT molecular complexity index is 989. The van der Waals surface area contributed by atoms with Gasteiger partial charge in [0.1, 0.15) is 30.5 Å². The first-order valence-electron chi connectivity index (χ1n) is 16.0. The van der Waals surface area contributed by atoms with E-state index in [0.29, 0.717) is 12.8 Å². The molecule has 13 nitrogen and oxygen atoms in total. The van der Waals surface area contributed by atoms with E-state index in [9.17, 15) is 38.7 Å². The van der Waals surface area contributed by atoms with E-state index in [4.69, 9.17) is 14.0 Å². The predicted molar refractivity (Wildman–Crippen MR) is 168 cm³/mol. The Morgan fingerprint density at radius 3 is 2.18 bits per heavy atom. The van der Waals surface area contributed by atoms with Crippen LogP contribution in [0.4, 0.5) is 0 Å². The summed E-state index contributed by atoms with van der Waals surface area (Å²) in [5, 5.41) is 54.2. The molecule has 1 aliphatic heterocycles. The topological polar surface area (TPSA) is 212 Å². The molecule has 0 aromatic carbocycles. The molecule has 0 bridgehead atoms. The number of aliphatic hydroxyl groups excluding tert-OH is 5. The van der Waals surface area contributed by atoms with Gasteiger partial charge in [0.15, 0.2) is 6.29 Å². The van der Waals surface area contributed by atoms with Crippen LogP contribution >= 0.6 is 0 Å². The Morgan fingerprint density at radius 2 is 1.53 bits per heavy atom. The Morgan fingerprint density at radius 1 is 0.889 bits per heavy atom. The van der Waals surface area contributed by atoms with E-state index < -0.39 is 78.5 Å². The second kappa shape index (κ2) is 23.6. The Kier molecular flexibility index (Phi) is 21.6. The number of amides is 1. The van der Waals surface area contributed by atoms with Crippen LogP contribution in [0.3, 0.4) is 0 Å². The molecule has 0 spiro atoms. The standard InChI is InChI=1S/C31H55NO12S/c1-3-5-7-9-11-12-14-16-18-20-25(35)30(38)32-23(24(34)19-17-15-13-10-8-6-4-2)22-42-31-28(37)29(44-45(39,40)41)27(36)26(21-33)43-31/h8-11,17,19,23-29,31,33-37H,3-7,12-16,18,20-22H2,1-2H3,(H,32,38)(H,39,40,41)/b10-8+,11-9-,19-17+. The van der Waals surface area contributed by atoms with E-state index in [1.54, 1.807) is 6.08 Å². The molecule has 1 saturated heterocycles. The first-order valence-corrected chi connectivity index (χ1v) is 17.3. The molecule has 262 valence electrons. The van der Waals surface area contributed by atoms with Crippen LogP contribution in [0.1, 0.15) is 90.9 Å². The van der Waals surface area contributed by atoms with Crippen molar-refractivity contribution < 1.29 is 57.0 Å². The van der Waals surface area contributed by atoms with Gasteiger partial charge in [-0.2, -0.15) is 8.42 Å². The van der Waals surface area contributed by atoms with Crippen LogP contribution in [0.5, 0.6) is 0 Å². The highest BCUT2D eigenvalue weighted by Gasteiger charge is 2.48. The normalized spacial score (nSPS) is 24.8. The zero-order chi connectivity index (χ0) is 33.7. The fourth-order valence-corrected chi connectivity index (χ4v) is 5.09. The number of aliphatic hydroxyl groups is 5. The van der Waals surface area contributed by atoms with E-state index in [2.05, 4.69) is 41.6 Å². The van der Waals surface area contributed by atoms with Crippen molar-refractivity contribution in [2.24, 2.45) is 0 Å². The molecule has 1 amide bonds. The van der Waals surface area contributed by atoms with Gasteiger partial charge in [0.2, 0.25) is 5.91 Å². The van der Waals surface area contributed by atoms with Gasteiger partial charge in [-0.15, -0.1) is 0 Å². The minimum Gasteiger partial charge on any atom is -0.394 e. The third-order valence-corrected chi connectivity index (χ3v) is 7.70. The number of carbonyl (C=O) groups is 1. The van der Waals surface area contributed by atoms with Gasteiger partial charge in [-0.3, -0.25) is 9.35 Å². The average Bonchev–Trinajstić information content (AvgIpc) is 2.99. The molecular formula is C31H55NO12S. The fourth-order valence-electron chi connectivity index (χ4n) is 4.58. The van der Waals surface area contributed by atoms with Gasteiger partial charge in [0.05, 0.1) is 25.4 Å². The molecule has 0 radical (unpaired) electrons. The van der Waals surface area contributed by atoms with Crippen molar-refractivity contribution in [3.63, 3.8) is 0 Å². The summed E-state index contributed by atoms with van der Waals surface area (Å²) in [5.41, 5.74) is 0. The van der Waals surface area contributed by atoms with Crippen molar-refractivity contribution in [1.29, 1.82) is 0 Å². The monoisotopic (exact) mass is 665 g/mol. The van der Waals surface area contributed by atoms with Gasteiger partial charge in [-0.1, -0.05) is 82.4 Å². The van der Waals surface area contributed by atoms with Crippen LogP contribution in [0.2, 0.25) is 0 Å². The largest absolute Gasteiger partial charge is 0.397 e. The maximum Gasteiger partial charge on any atom is 0.397 e. The van der Waals surface area contributed by atoms with Crippen LogP contribution in [0, 0.1) is 0 Å². The van der Waals surface area contributed by atoms with Gasteiger partial charge < -0.3 is 40.3 Å². The van der Waals surface area contributed by atoms with E-state index in [1.807, 2.05) is 6.08 Å². The Balaban J connectivity index is 2.84. The van der Waals surface area contributed by atoms with Crippen LogP contribution < -0.4 is 5.32 Å². The third kappa shape index (κ3) is 17.7. The van der Waals surface area contributed by atoms with Gasteiger partial charge in [0, 0.05) is 0 Å². The molecule has 0 aromatic rings. The number of ether oxygens (including phenoxy) is 2. The molecule has 8 atom stereocenters. The summed E-state index contributed by atoms with van der Waals surface area (Å²) in [7, 11) is -5.11. The molecule has 7 N–H and O–H groups in total. The molecule has 8 unspecified atom stereocenters. The minimum atomic E-state index is -5.11. The van der Waals surface area contributed by atoms with Crippen molar-refractivity contribution in [2.75, 3.05) is 13.2 Å². The van der Waals surface area contributed by atoms with E-state index in [1.165, 1.54) is 6.08 Å². The highest BCUT2D eigenvalue weighted by atomic mass is 32.3. The van der Waals surface area contributed by atoms with E-state index in [0.717, 1.165) is 57.8 Å². The Hall–Kier alpha value is -1.72. The second-order valence-corrected chi connectivity index (χ2v) is 12.2. The van der Waals surface area contributed by atoms with Gasteiger partial charge in [-0.25, -0.2) is 4.18 Å². The van der Waals surface area contributed by atoms with Crippen LogP contribution in [-0.4, -0.2) is 107 Å². The first kappa shape index (κ1) is 41.3. The molecule has 14 heteroatoms. The molecule has 1 fully saturated rings. The number of nitrogens with one attached hydrogen (secondary N) is 1. The fraction of sp³-hybridized carbons (Fsp3) is 0.774. The maximum absolute atomic E-state index is 12.8. The summed E-state index contributed by atoms with van der Waals surface area (Å²) in [5.74, 6) is -0.737. The zero-order valence-corrected chi connectivity index (χ0v) is 27.3. The highest BCUT2D eigenvalue weighted by molar-refractivity contribution is 7.80. The summed E-state index contributed by atoms with van der Waals surface area (Å²) in [6.45, 7) is 2.93. The molecule has 0 saturated carbocycles. The second-order valence-electron chi connectivity index (χ2n) is 11.2. The highest BCUT2D eigenvalue weighted by Crippen LogP contribution is 2.26. The minimum absolute atomic E-state index is 0.212. The molecular weight excluding hydrogens is 610 g/mol. The van der Waals surface area contributed by atoms with E-state index in [-0.39, 0.29) is 6.42 Å². The lowest BCUT2D eigenvalue weighted by Crippen LogP contribution is -2.61. The number of hydrogen-bond acceptors (Lipinski definition) is 11. The quantitative estimate of drug-likeness (QED) is 0.0449. The first-order chi connectivity index (χ1) is 21.4. The number of rotatable bonds is 24. The Labute approximate surface area is 267 Å². The van der Waals surface area contributed by atoms with Crippen LogP contribution in [0.15, 0.2) is 36.5 Å². The number of unbranched alkanes of at least 4 members (excludes halogenated alkanes) is 7. The van der Waals surface area contributed by atoms with Crippen molar-refractivity contribution in [3.8, 4) is 0 Å². The number of hydrogen-bond donors (Lipinski definition) is 7. The molecule has 45 heavy (non-hydrogen) atoms. The lowest BCUT2D eigenvalue weighted by atomic mass is 9.99. The molecule has 0 aromatic heterocycles. The molecule has 1 aliphatic rings. The third-order valence-electron chi connectivity index (χ3n) is 7.23. The van der Waals surface area contributed by atoms with Gasteiger partial charge >= 0.3 is 10.4 Å². The van der Waals surface area contributed by atoms with Crippen molar-refractivity contribution in [1.82, 2.24) is 5.32 Å². The van der Waals surface area contributed by atoms with E-state index >= 15 is 0 Å². The number of allylic oxidation sites excluding steroid dienone is 5. The van der Waals surface area contributed by atoms with Gasteiger partial charge in [-0.05, 0) is 44.9 Å². The summed E-state index contributed by atoms with van der Waals surface area (Å²) >= 11 is 0. The summed E-state index contributed by atoms with van der Waals surface area (Å²) < 4.78 is 46.9. The van der Waals surface area contributed by atoms with Gasteiger partial charge in [0.25, 0.3) is 0 Å². The summed E-state index contributed by atoms with van der Waals surface area (Å²) in [4.78, 5) is 12.8. The SMILES string of the molecule is CCC/C=C/CC/C=C/C(O)C(COC1OC(CO)C(O)C(OS(=O)(=O)O)C1O)NC(=O)C(O)CCCCC/C=C\CCCC. The zero-order valence-electron chi connectivity index (χ0n) is 26.5. The molecule has 1 heterocycles. The van der Waals surface area contributed by atoms with Crippen molar-refractivity contribution in [3.05, 3.63) is 36.5 Å². The smallest absolute Gasteiger partial charge is 0.394 e. The summed E-state index contributed by atoms with van der Waals surface area (Å²) in [6, 6.07) is -1.14. The van der Waals surface area contributed by atoms with Crippen molar-refractivity contribution in [2.45, 2.75) is 140 Å². The summed E-state index contributed by atoms with van der Waals surface area (Å²) in [6.07, 6.45) is 10.4. The van der Waals surface area contributed by atoms with Crippen LogP contribution in [-0.2, 0) is 28.9 Å². The predicted octanol–water partition coefficient (Wildman–Crippen LogP) is 2.23. The number of carbonyl (C=O) groups excluding carboxylic acids is 1. The average molecular weight is 666 g/mol. The van der Waals surface area contributed by atoms with Crippen LogP contribution in [0.25, 0.3) is 0 Å².